The Kier molecular flexibility index (Phi) is 3.32. The van der Waals surface area contributed by atoms with Gasteiger partial charge in [0.25, 0.3) is 0 Å². The summed E-state index contributed by atoms with van der Waals surface area (Å²) in [7, 11) is 0. The van der Waals surface area contributed by atoms with Crippen LogP contribution in [0.15, 0.2) is 36.4 Å². The Hall–Kier alpha value is -1.25. The summed E-state index contributed by atoms with van der Waals surface area (Å²) in [4.78, 5) is 11.6. The van der Waals surface area contributed by atoms with E-state index in [1.54, 1.807) is 24.3 Å². The number of esters is 1. The largest absolute Gasteiger partial charge is 0.446 e. The zero-order valence-corrected chi connectivity index (χ0v) is 9.76. The first-order valence-corrected chi connectivity index (χ1v) is 5.55. The fraction of sp³-hybridized carbons (Fsp3) is 0.0833. The van der Waals surface area contributed by atoms with Crippen molar-refractivity contribution in [1.82, 2.24) is 0 Å². The van der Waals surface area contributed by atoms with Gasteiger partial charge in [-0.2, -0.15) is 0 Å². The summed E-state index contributed by atoms with van der Waals surface area (Å²) in [6.07, 6.45) is 0. The molecular weight excluding hydrogens is 247 g/mol. The monoisotopic (exact) mass is 254 g/mol. The van der Waals surface area contributed by atoms with Crippen LogP contribution in [0.3, 0.4) is 0 Å². The number of alkyl halides is 1. The lowest BCUT2D eigenvalue weighted by Gasteiger charge is -2.06. The standard InChI is InChI=1S/C12H8Cl2O2/c13-7-16-12(15)10-5-1-4-9-8(10)3-2-6-11(9)14/h1-6H,7H2. The van der Waals surface area contributed by atoms with Gasteiger partial charge in [-0.05, 0) is 17.5 Å². The maximum absolute atomic E-state index is 11.6. The number of rotatable bonds is 2. The summed E-state index contributed by atoms with van der Waals surface area (Å²) >= 11 is 11.4. The summed E-state index contributed by atoms with van der Waals surface area (Å²) < 4.78 is 4.76. The fourth-order valence-electron chi connectivity index (χ4n) is 1.58. The molecule has 0 saturated carbocycles. The lowest BCUT2D eigenvalue weighted by atomic mass is 10.0. The van der Waals surface area contributed by atoms with Gasteiger partial charge in [-0.3, -0.25) is 0 Å². The molecule has 0 spiro atoms. The van der Waals surface area contributed by atoms with Gasteiger partial charge in [-0.1, -0.05) is 47.5 Å². The third-order valence-electron chi connectivity index (χ3n) is 2.27. The van der Waals surface area contributed by atoms with Crippen molar-refractivity contribution in [2.45, 2.75) is 0 Å². The normalized spacial score (nSPS) is 10.4. The minimum absolute atomic E-state index is 0.157. The molecule has 0 aromatic heterocycles. The molecule has 0 fully saturated rings. The first-order chi connectivity index (χ1) is 7.74. The average Bonchev–Trinajstić information content (AvgIpc) is 2.29. The Morgan fingerprint density at radius 1 is 1.12 bits per heavy atom. The molecule has 0 bridgehead atoms. The van der Waals surface area contributed by atoms with Gasteiger partial charge in [-0.15, -0.1) is 0 Å². The highest BCUT2D eigenvalue weighted by atomic mass is 35.5. The zero-order valence-electron chi connectivity index (χ0n) is 8.24. The van der Waals surface area contributed by atoms with E-state index in [4.69, 9.17) is 27.9 Å². The molecule has 0 aliphatic heterocycles. The maximum atomic E-state index is 11.6. The van der Waals surface area contributed by atoms with Crippen LogP contribution in [0.25, 0.3) is 10.8 Å². The fourth-order valence-corrected chi connectivity index (χ4v) is 1.91. The number of carbonyl (C=O) groups is 1. The van der Waals surface area contributed by atoms with Gasteiger partial charge in [0, 0.05) is 10.4 Å². The van der Waals surface area contributed by atoms with Gasteiger partial charge in [0.05, 0.1) is 5.56 Å². The molecule has 0 saturated heterocycles. The van der Waals surface area contributed by atoms with E-state index in [1.165, 1.54) is 0 Å². The first kappa shape index (κ1) is 11.2. The van der Waals surface area contributed by atoms with E-state index < -0.39 is 5.97 Å². The summed E-state index contributed by atoms with van der Waals surface area (Å²) in [6.45, 7) is 0. The molecule has 82 valence electrons. The SMILES string of the molecule is O=C(OCCl)c1cccc2c(Cl)cccc12. The number of fused-ring (bicyclic) bond motifs is 1. The van der Waals surface area contributed by atoms with Crippen LogP contribution < -0.4 is 0 Å². The predicted octanol–water partition coefficient (Wildman–Crippen LogP) is 3.85. The van der Waals surface area contributed by atoms with Crippen LogP contribution in [0.2, 0.25) is 5.02 Å². The van der Waals surface area contributed by atoms with Crippen molar-refractivity contribution in [3.05, 3.63) is 47.0 Å². The molecule has 0 atom stereocenters. The minimum Gasteiger partial charge on any atom is -0.446 e. The van der Waals surface area contributed by atoms with E-state index in [2.05, 4.69) is 0 Å². The Bertz CT molecular complexity index is 538. The molecule has 2 aromatic rings. The van der Waals surface area contributed by atoms with Crippen LogP contribution in [0.4, 0.5) is 0 Å². The number of hydrogen-bond acceptors (Lipinski definition) is 2. The van der Waals surface area contributed by atoms with Crippen molar-refractivity contribution >= 4 is 39.9 Å². The molecule has 0 aliphatic rings. The molecule has 0 radical (unpaired) electrons. The van der Waals surface area contributed by atoms with Crippen molar-refractivity contribution in [1.29, 1.82) is 0 Å². The van der Waals surface area contributed by atoms with Crippen molar-refractivity contribution < 1.29 is 9.53 Å². The van der Waals surface area contributed by atoms with Crippen molar-refractivity contribution in [3.8, 4) is 0 Å². The lowest BCUT2D eigenvalue weighted by Crippen LogP contribution is -2.04. The Morgan fingerprint density at radius 3 is 2.56 bits per heavy atom. The number of halogens is 2. The van der Waals surface area contributed by atoms with E-state index in [1.807, 2.05) is 12.1 Å². The number of ether oxygens (including phenoxy) is 1. The van der Waals surface area contributed by atoms with Crippen LogP contribution >= 0.6 is 23.2 Å². The van der Waals surface area contributed by atoms with Gasteiger partial charge in [0.15, 0.2) is 6.07 Å². The molecule has 2 nitrogen and oxygen atoms in total. The lowest BCUT2D eigenvalue weighted by molar-refractivity contribution is 0.0576. The minimum atomic E-state index is -0.442. The van der Waals surface area contributed by atoms with E-state index in [0.717, 1.165) is 10.8 Å². The van der Waals surface area contributed by atoms with Gasteiger partial charge in [0.2, 0.25) is 0 Å². The average molecular weight is 255 g/mol. The van der Waals surface area contributed by atoms with Gasteiger partial charge in [-0.25, -0.2) is 4.79 Å². The van der Waals surface area contributed by atoms with Gasteiger partial charge < -0.3 is 4.74 Å². The third kappa shape index (κ3) is 1.99. The molecule has 0 N–H and O–H groups in total. The highest BCUT2D eigenvalue weighted by Crippen LogP contribution is 2.26. The molecule has 0 unspecified atom stereocenters. The molecule has 16 heavy (non-hydrogen) atoms. The molecule has 4 heteroatoms. The van der Waals surface area contributed by atoms with E-state index >= 15 is 0 Å². The van der Waals surface area contributed by atoms with E-state index in [-0.39, 0.29) is 6.07 Å². The van der Waals surface area contributed by atoms with Gasteiger partial charge in [0.1, 0.15) is 0 Å². The molecular formula is C12H8Cl2O2. The Labute approximate surface area is 103 Å². The van der Waals surface area contributed by atoms with Gasteiger partial charge >= 0.3 is 5.97 Å². The molecule has 2 aromatic carbocycles. The molecule has 0 aliphatic carbocycles. The number of carbonyl (C=O) groups excluding carboxylic acids is 1. The second-order valence-electron chi connectivity index (χ2n) is 3.18. The van der Waals surface area contributed by atoms with Crippen molar-refractivity contribution in [3.63, 3.8) is 0 Å². The number of benzene rings is 2. The van der Waals surface area contributed by atoms with E-state index in [0.29, 0.717) is 10.6 Å². The summed E-state index contributed by atoms with van der Waals surface area (Å²) in [5.41, 5.74) is 0.473. The van der Waals surface area contributed by atoms with Crippen LogP contribution in [-0.2, 0) is 4.74 Å². The molecule has 0 amide bonds. The summed E-state index contributed by atoms with van der Waals surface area (Å²) in [5.74, 6) is -0.442. The quantitative estimate of drug-likeness (QED) is 0.601. The topological polar surface area (TPSA) is 26.3 Å². The number of hydrogen-bond donors (Lipinski definition) is 0. The Morgan fingerprint density at radius 2 is 1.81 bits per heavy atom. The van der Waals surface area contributed by atoms with E-state index in [9.17, 15) is 4.79 Å². The summed E-state index contributed by atoms with van der Waals surface area (Å²) in [5, 5.41) is 2.20. The highest BCUT2D eigenvalue weighted by molar-refractivity contribution is 6.36. The highest BCUT2D eigenvalue weighted by Gasteiger charge is 2.11. The van der Waals surface area contributed by atoms with Crippen molar-refractivity contribution in [2.24, 2.45) is 0 Å². The second-order valence-corrected chi connectivity index (χ2v) is 3.81. The molecule has 0 heterocycles. The maximum Gasteiger partial charge on any atom is 0.339 e. The smallest absolute Gasteiger partial charge is 0.339 e. The third-order valence-corrected chi connectivity index (χ3v) is 2.71. The van der Waals surface area contributed by atoms with Crippen molar-refractivity contribution in [2.75, 3.05) is 6.07 Å². The van der Waals surface area contributed by atoms with Crippen LogP contribution in [0.5, 0.6) is 0 Å². The van der Waals surface area contributed by atoms with Crippen LogP contribution in [0, 0.1) is 0 Å². The second kappa shape index (κ2) is 4.73. The zero-order chi connectivity index (χ0) is 11.5. The molecule has 2 rings (SSSR count). The first-order valence-electron chi connectivity index (χ1n) is 4.64. The Balaban J connectivity index is 2.62. The van der Waals surface area contributed by atoms with Crippen LogP contribution in [-0.4, -0.2) is 12.0 Å². The van der Waals surface area contributed by atoms with Crippen LogP contribution in [0.1, 0.15) is 10.4 Å². The summed E-state index contributed by atoms with van der Waals surface area (Å²) in [6, 6.07) is 10.5. The predicted molar refractivity (Wildman–Crippen MR) is 65.1 cm³/mol.